The number of hydrogen-bond acceptors (Lipinski definition) is 2. The number of hydrogen-bond donors (Lipinski definition) is 2. The summed E-state index contributed by atoms with van der Waals surface area (Å²) in [5, 5.41) is 17.6. The largest absolute Gasteiger partial charge is 0.478 e. The van der Waals surface area contributed by atoms with E-state index in [1.807, 2.05) is 12.2 Å². The van der Waals surface area contributed by atoms with Gasteiger partial charge in [0.05, 0.1) is 11.1 Å². The summed E-state index contributed by atoms with van der Waals surface area (Å²) in [5.41, 5.74) is 2.23. The number of carboxylic acids is 2. The van der Waals surface area contributed by atoms with Crippen molar-refractivity contribution in [1.82, 2.24) is 0 Å². The Morgan fingerprint density at radius 3 is 1.20 bits per heavy atom. The predicted molar refractivity (Wildman–Crippen MR) is 75.7 cm³/mol. The minimum atomic E-state index is -0.954. The van der Waals surface area contributed by atoms with E-state index < -0.39 is 11.9 Å². The van der Waals surface area contributed by atoms with Gasteiger partial charge in [0.1, 0.15) is 0 Å². The van der Waals surface area contributed by atoms with Gasteiger partial charge in [0.25, 0.3) is 0 Å². The van der Waals surface area contributed by atoms with E-state index in [-0.39, 0.29) is 11.1 Å². The van der Waals surface area contributed by atoms with Crippen LogP contribution in [0.25, 0.3) is 12.2 Å². The Morgan fingerprint density at radius 2 is 0.950 bits per heavy atom. The highest BCUT2D eigenvalue weighted by atomic mass is 16.4. The average molecular weight is 268 g/mol. The molecule has 0 aliphatic heterocycles. The number of carboxylic acid groups (broad SMARTS) is 2. The molecule has 20 heavy (non-hydrogen) atoms. The van der Waals surface area contributed by atoms with E-state index in [2.05, 4.69) is 0 Å². The fourth-order valence-electron chi connectivity index (χ4n) is 1.67. The van der Waals surface area contributed by atoms with Crippen LogP contribution in [-0.2, 0) is 0 Å². The lowest BCUT2D eigenvalue weighted by Gasteiger charge is -1.97. The lowest BCUT2D eigenvalue weighted by Crippen LogP contribution is -1.95. The average Bonchev–Trinajstić information content (AvgIpc) is 2.46. The van der Waals surface area contributed by atoms with Gasteiger partial charge in [0.2, 0.25) is 0 Å². The first-order valence-corrected chi connectivity index (χ1v) is 5.91. The van der Waals surface area contributed by atoms with Crippen LogP contribution in [0.4, 0.5) is 0 Å². The number of aromatic carboxylic acids is 2. The molecule has 0 saturated heterocycles. The van der Waals surface area contributed by atoms with E-state index in [0.717, 1.165) is 11.1 Å². The molecule has 0 heterocycles. The molecule has 0 unspecified atom stereocenters. The second kappa shape index (κ2) is 5.84. The molecule has 2 aromatic rings. The zero-order valence-corrected chi connectivity index (χ0v) is 10.5. The predicted octanol–water partition coefficient (Wildman–Crippen LogP) is 3.25. The van der Waals surface area contributed by atoms with Crippen LogP contribution in [0, 0.1) is 0 Å². The first kappa shape index (κ1) is 13.5. The molecule has 0 amide bonds. The minimum Gasteiger partial charge on any atom is -0.478 e. The van der Waals surface area contributed by atoms with Crippen LogP contribution in [0.2, 0.25) is 0 Å². The van der Waals surface area contributed by atoms with Gasteiger partial charge in [-0.15, -0.1) is 0 Å². The normalized spacial score (nSPS) is 10.6. The summed E-state index contributed by atoms with van der Waals surface area (Å²) in [6, 6.07) is 13.0. The van der Waals surface area contributed by atoms with Crippen LogP contribution in [-0.4, -0.2) is 22.2 Å². The van der Waals surface area contributed by atoms with Crippen molar-refractivity contribution >= 4 is 24.1 Å². The van der Waals surface area contributed by atoms with Crippen LogP contribution in [0.1, 0.15) is 31.8 Å². The zero-order chi connectivity index (χ0) is 14.5. The van der Waals surface area contributed by atoms with Crippen molar-refractivity contribution in [2.45, 2.75) is 0 Å². The third kappa shape index (κ3) is 3.32. The fraction of sp³-hybridized carbons (Fsp3) is 0. The van der Waals surface area contributed by atoms with Crippen molar-refractivity contribution in [1.29, 1.82) is 0 Å². The zero-order valence-electron chi connectivity index (χ0n) is 10.5. The van der Waals surface area contributed by atoms with Crippen molar-refractivity contribution < 1.29 is 19.8 Å². The molecule has 0 spiro atoms. The molecule has 0 aromatic heterocycles. The van der Waals surface area contributed by atoms with Gasteiger partial charge in [-0.2, -0.15) is 0 Å². The topological polar surface area (TPSA) is 74.6 Å². The van der Waals surface area contributed by atoms with Gasteiger partial charge in [-0.3, -0.25) is 0 Å². The van der Waals surface area contributed by atoms with E-state index in [4.69, 9.17) is 10.2 Å². The van der Waals surface area contributed by atoms with Crippen LogP contribution in [0.3, 0.4) is 0 Å². The summed E-state index contributed by atoms with van der Waals surface area (Å²) < 4.78 is 0. The molecule has 2 N–H and O–H groups in total. The summed E-state index contributed by atoms with van der Waals surface area (Å²) in [7, 11) is 0. The highest BCUT2D eigenvalue weighted by Crippen LogP contribution is 2.11. The van der Waals surface area contributed by atoms with Gasteiger partial charge in [0, 0.05) is 0 Å². The fourth-order valence-corrected chi connectivity index (χ4v) is 1.67. The maximum absolute atomic E-state index is 10.7. The van der Waals surface area contributed by atoms with Crippen molar-refractivity contribution in [3.8, 4) is 0 Å². The van der Waals surface area contributed by atoms with Gasteiger partial charge in [-0.05, 0) is 35.4 Å². The molecule has 2 aromatic carbocycles. The highest BCUT2D eigenvalue weighted by Gasteiger charge is 2.01. The molecule has 2 rings (SSSR count). The van der Waals surface area contributed by atoms with Crippen LogP contribution in [0.5, 0.6) is 0 Å². The van der Waals surface area contributed by atoms with Crippen molar-refractivity contribution in [2.75, 3.05) is 0 Å². The molecule has 100 valence electrons. The minimum absolute atomic E-state index is 0.243. The van der Waals surface area contributed by atoms with Crippen LogP contribution >= 0.6 is 0 Å². The number of benzene rings is 2. The maximum atomic E-state index is 10.7. The second-order valence-electron chi connectivity index (χ2n) is 4.19. The maximum Gasteiger partial charge on any atom is 0.335 e. The van der Waals surface area contributed by atoms with Crippen molar-refractivity contribution in [3.05, 3.63) is 70.8 Å². The Kier molecular flexibility index (Phi) is 3.96. The Bertz CT molecular complexity index is 592. The Balaban J connectivity index is 2.12. The molecule has 0 saturated carbocycles. The van der Waals surface area contributed by atoms with Gasteiger partial charge in [-0.25, -0.2) is 9.59 Å². The Hall–Kier alpha value is -2.88. The molecule has 4 nitrogen and oxygen atoms in total. The lowest BCUT2D eigenvalue weighted by atomic mass is 10.1. The van der Waals surface area contributed by atoms with E-state index in [1.165, 1.54) is 24.3 Å². The highest BCUT2D eigenvalue weighted by molar-refractivity contribution is 5.88. The van der Waals surface area contributed by atoms with Crippen LogP contribution in [0.15, 0.2) is 48.5 Å². The SMILES string of the molecule is O=C(O)c1ccc(C=Cc2ccc(C(=O)O)cc2)cc1. The molecule has 0 bridgehead atoms. The standard InChI is InChI=1S/C16H12O4/c17-15(18)13-7-3-11(4-8-13)1-2-12-5-9-14(10-6-12)16(19)20/h1-10H,(H,17,18)(H,19,20). The monoisotopic (exact) mass is 268 g/mol. The third-order valence-electron chi connectivity index (χ3n) is 2.78. The van der Waals surface area contributed by atoms with Crippen molar-refractivity contribution in [2.24, 2.45) is 0 Å². The van der Waals surface area contributed by atoms with Gasteiger partial charge in [-0.1, -0.05) is 36.4 Å². The van der Waals surface area contributed by atoms with Gasteiger partial charge < -0.3 is 10.2 Å². The second-order valence-corrected chi connectivity index (χ2v) is 4.19. The lowest BCUT2D eigenvalue weighted by molar-refractivity contribution is 0.0686. The summed E-state index contributed by atoms with van der Waals surface area (Å²) in [5.74, 6) is -1.91. The Labute approximate surface area is 115 Å². The van der Waals surface area contributed by atoms with E-state index in [0.29, 0.717) is 0 Å². The molecule has 0 aliphatic carbocycles. The molecule has 0 atom stereocenters. The van der Waals surface area contributed by atoms with E-state index >= 15 is 0 Å². The summed E-state index contributed by atoms with van der Waals surface area (Å²) in [4.78, 5) is 21.4. The summed E-state index contributed by atoms with van der Waals surface area (Å²) in [6.07, 6.45) is 3.67. The number of carbonyl (C=O) groups is 2. The summed E-state index contributed by atoms with van der Waals surface area (Å²) >= 11 is 0. The Morgan fingerprint density at radius 1 is 0.650 bits per heavy atom. The molecule has 0 fully saturated rings. The number of rotatable bonds is 4. The molecular weight excluding hydrogens is 256 g/mol. The summed E-state index contributed by atoms with van der Waals surface area (Å²) in [6.45, 7) is 0. The third-order valence-corrected chi connectivity index (χ3v) is 2.78. The van der Waals surface area contributed by atoms with E-state index in [1.54, 1.807) is 24.3 Å². The molecule has 4 heteroatoms. The molecule has 0 radical (unpaired) electrons. The van der Waals surface area contributed by atoms with Gasteiger partial charge >= 0.3 is 11.9 Å². The molecular formula is C16H12O4. The smallest absolute Gasteiger partial charge is 0.335 e. The van der Waals surface area contributed by atoms with Gasteiger partial charge in [0.15, 0.2) is 0 Å². The van der Waals surface area contributed by atoms with Crippen molar-refractivity contribution in [3.63, 3.8) is 0 Å². The quantitative estimate of drug-likeness (QED) is 0.835. The first-order valence-electron chi connectivity index (χ1n) is 5.91. The van der Waals surface area contributed by atoms with Crippen LogP contribution < -0.4 is 0 Å². The van der Waals surface area contributed by atoms with E-state index in [9.17, 15) is 9.59 Å². The molecule has 0 aliphatic rings. The first-order chi connectivity index (χ1) is 9.56.